The first-order valence-electron chi connectivity index (χ1n) is 7.50. The summed E-state index contributed by atoms with van der Waals surface area (Å²) >= 11 is 0. The summed E-state index contributed by atoms with van der Waals surface area (Å²) in [4.78, 5) is 8.89. The quantitative estimate of drug-likeness (QED) is 0.740. The van der Waals surface area contributed by atoms with E-state index >= 15 is 0 Å². The number of rotatable bonds is 4. The molecule has 1 saturated carbocycles. The van der Waals surface area contributed by atoms with Crippen molar-refractivity contribution in [1.82, 2.24) is 24.9 Å². The Balaban J connectivity index is 1.77. The van der Waals surface area contributed by atoms with Crippen LogP contribution in [0.4, 0.5) is 0 Å². The fraction of sp³-hybridized carbons (Fsp3) is 0.375. The van der Waals surface area contributed by atoms with Crippen molar-refractivity contribution in [3.05, 3.63) is 53.2 Å². The van der Waals surface area contributed by atoms with Gasteiger partial charge in [-0.1, -0.05) is 5.16 Å². The minimum atomic E-state index is 0.513. The van der Waals surface area contributed by atoms with Crippen LogP contribution in [0.25, 0.3) is 5.69 Å². The van der Waals surface area contributed by atoms with E-state index in [0.29, 0.717) is 12.3 Å². The molecule has 1 aliphatic rings. The van der Waals surface area contributed by atoms with Gasteiger partial charge in [0.05, 0.1) is 17.8 Å². The van der Waals surface area contributed by atoms with Crippen molar-refractivity contribution in [3.8, 4) is 5.69 Å². The molecular formula is C16H17N5O. The van der Waals surface area contributed by atoms with Gasteiger partial charge < -0.3 is 4.52 Å². The molecule has 3 aromatic rings. The maximum Gasteiger partial charge on any atom is 0.154 e. The molecule has 3 aromatic heterocycles. The monoisotopic (exact) mass is 295 g/mol. The molecule has 0 bridgehead atoms. The van der Waals surface area contributed by atoms with Crippen LogP contribution >= 0.6 is 0 Å². The standard InChI is InChI=1S/C16H17N5O/c1-10-9-17-6-5-14(10)21-15(8-13-7-11(2)20-22-13)18-16(19-21)12-3-4-12/h5-7,9,12H,3-4,8H2,1-2H3. The zero-order valence-corrected chi connectivity index (χ0v) is 12.7. The normalized spacial score (nSPS) is 14.5. The number of hydrogen-bond acceptors (Lipinski definition) is 5. The predicted molar refractivity (Wildman–Crippen MR) is 79.9 cm³/mol. The third-order valence-electron chi connectivity index (χ3n) is 3.86. The van der Waals surface area contributed by atoms with Crippen LogP contribution < -0.4 is 0 Å². The summed E-state index contributed by atoms with van der Waals surface area (Å²) in [6.45, 7) is 3.95. The summed E-state index contributed by atoms with van der Waals surface area (Å²) in [5.74, 6) is 3.13. The van der Waals surface area contributed by atoms with E-state index in [1.807, 2.05) is 36.9 Å². The molecule has 0 unspecified atom stereocenters. The van der Waals surface area contributed by atoms with E-state index < -0.39 is 0 Å². The lowest BCUT2D eigenvalue weighted by Crippen LogP contribution is -2.05. The first-order valence-corrected chi connectivity index (χ1v) is 7.50. The number of hydrogen-bond donors (Lipinski definition) is 0. The van der Waals surface area contributed by atoms with Gasteiger partial charge in [0.1, 0.15) is 11.6 Å². The van der Waals surface area contributed by atoms with Crippen molar-refractivity contribution in [3.63, 3.8) is 0 Å². The van der Waals surface area contributed by atoms with E-state index in [9.17, 15) is 0 Å². The number of nitrogens with zero attached hydrogens (tertiary/aromatic N) is 5. The Morgan fingerprint density at radius 2 is 2.18 bits per heavy atom. The third-order valence-corrected chi connectivity index (χ3v) is 3.86. The molecule has 0 atom stereocenters. The van der Waals surface area contributed by atoms with Crippen LogP contribution in [0, 0.1) is 13.8 Å². The van der Waals surface area contributed by atoms with Gasteiger partial charge in [-0.2, -0.15) is 5.10 Å². The van der Waals surface area contributed by atoms with Gasteiger partial charge in [0.25, 0.3) is 0 Å². The minimum absolute atomic E-state index is 0.513. The average molecular weight is 295 g/mol. The van der Waals surface area contributed by atoms with Crippen LogP contribution in [-0.2, 0) is 6.42 Å². The summed E-state index contributed by atoms with van der Waals surface area (Å²) in [6.07, 6.45) is 6.57. The number of aromatic nitrogens is 5. The summed E-state index contributed by atoms with van der Waals surface area (Å²) in [6, 6.07) is 3.91. The Bertz CT molecular complexity index is 816. The second-order valence-corrected chi connectivity index (χ2v) is 5.85. The van der Waals surface area contributed by atoms with Crippen LogP contribution in [0.2, 0.25) is 0 Å². The Hall–Kier alpha value is -2.50. The largest absolute Gasteiger partial charge is 0.361 e. The summed E-state index contributed by atoms with van der Waals surface area (Å²) in [5.41, 5.74) is 2.97. The molecule has 0 aromatic carbocycles. The van der Waals surface area contributed by atoms with Gasteiger partial charge in [0.2, 0.25) is 0 Å². The first kappa shape index (κ1) is 13.2. The summed E-state index contributed by atoms with van der Waals surface area (Å²) < 4.78 is 7.25. The van der Waals surface area contributed by atoms with Gasteiger partial charge >= 0.3 is 0 Å². The molecule has 1 aliphatic carbocycles. The SMILES string of the molecule is Cc1cc(Cc2nc(C3CC3)nn2-c2ccncc2C)on1. The molecule has 112 valence electrons. The lowest BCUT2D eigenvalue weighted by Gasteiger charge is -2.07. The van der Waals surface area contributed by atoms with Crippen molar-refractivity contribution in [2.75, 3.05) is 0 Å². The molecule has 0 saturated heterocycles. The van der Waals surface area contributed by atoms with Crippen LogP contribution in [0.1, 0.15) is 47.4 Å². The molecule has 0 spiro atoms. The van der Waals surface area contributed by atoms with E-state index in [1.165, 1.54) is 12.8 Å². The van der Waals surface area contributed by atoms with Crippen molar-refractivity contribution in [2.45, 2.75) is 39.0 Å². The van der Waals surface area contributed by atoms with Gasteiger partial charge in [0, 0.05) is 24.4 Å². The lowest BCUT2D eigenvalue weighted by molar-refractivity contribution is 0.383. The second kappa shape index (κ2) is 5.05. The van der Waals surface area contributed by atoms with E-state index in [0.717, 1.165) is 34.4 Å². The lowest BCUT2D eigenvalue weighted by atomic mass is 10.2. The Morgan fingerprint density at radius 1 is 1.32 bits per heavy atom. The molecule has 6 nitrogen and oxygen atoms in total. The highest BCUT2D eigenvalue weighted by atomic mass is 16.5. The highest BCUT2D eigenvalue weighted by Gasteiger charge is 2.29. The first-order chi connectivity index (χ1) is 10.7. The van der Waals surface area contributed by atoms with Crippen LogP contribution in [0.5, 0.6) is 0 Å². The molecule has 3 heterocycles. The van der Waals surface area contributed by atoms with Crippen molar-refractivity contribution < 1.29 is 4.52 Å². The molecule has 0 N–H and O–H groups in total. The maximum atomic E-state index is 5.33. The van der Waals surface area contributed by atoms with Crippen LogP contribution in [0.3, 0.4) is 0 Å². The predicted octanol–water partition coefficient (Wildman–Crippen LogP) is 2.74. The molecule has 0 radical (unpaired) electrons. The minimum Gasteiger partial charge on any atom is -0.361 e. The highest BCUT2D eigenvalue weighted by molar-refractivity contribution is 5.38. The zero-order valence-electron chi connectivity index (χ0n) is 12.7. The molecule has 4 rings (SSSR count). The van der Waals surface area contributed by atoms with Crippen LogP contribution in [-0.4, -0.2) is 24.9 Å². The average Bonchev–Trinajstić information content (AvgIpc) is 3.16. The molecule has 6 heteroatoms. The van der Waals surface area contributed by atoms with Gasteiger partial charge in [-0.3, -0.25) is 4.98 Å². The fourth-order valence-corrected chi connectivity index (χ4v) is 2.54. The van der Waals surface area contributed by atoms with Gasteiger partial charge in [0.15, 0.2) is 5.82 Å². The van der Waals surface area contributed by atoms with E-state index in [2.05, 4.69) is 10.1 Å². The van der Waals surface area contributed by atoms with Crippen LogP contribution in [0.15, 0.2) is 29.0 Å². The van der Waals surface area contributed by atoms with E-state index in [1.54, 1.807) is 6.20 Å². The third kappa shape index (κ3) is 2.41. The number of aryl methyl sites for hydroxylation is 2. The Morgan fingerprint density at radius 3 is 2.86 bits per heavy atom. The maximum absolute atomic E-state index is 5.33. The zero-order chi connectivity index (χ0) is 15.1. The molecule has 22 heavy (non-hydrogen) atoms. The molecule has 1 fully saturated rings. The summed E-state index contributed by atoms with van der Waals surface area (Å²) in [5, 5.41) is 8.67. The second-order valence-electron chi connectivity index (χ2n) is 5.85. The van der Waals surface area contributed by atoms with Crippen molar-refractivity contribution in [2.24, 2.45) is 0 Å². The Labute approximate surface area is 128 Å². The van der Waals surface area contributed by atoms with Crippen molar-refractivity contribution in [1.29, 1.82) is 0 Å². The molecule has 0 amide bonds. The van der Waals surface area contributed by atoms with E-state index in [4.69, 9.17) is 14.6 Å². The highest BCUT2D eigenvalue weighted by Crippen LogP contribution is 2.38. The Kier molecular flexibility index (Phi) is 3.03. The van der Waals surface area contributed by atoms with Gasteiger partial charge in [-0.15, -0.1) is 0 Å². The van der Waals surface area contributed by atoms with Gasteiger partial charge in [-0.05, 0) is 38.3 Å². The fourth-order valence-electron chi connectivity index (χ4n) is 2.54. The topological polar surface area (TPSA) is 69.6 Å². The molecular weight excluding hydrogens is 278 g/mol. The molecule has 0 aliphatic heterocycles. The smallest absolute Gasteiger partial charge is 0.154 e. The van der Waals surface area contributed by atoms with Crippen molar-refractivity contribution >= 4 is 0 Å². The summed E-state index contributed by atoms with van der Waals surface area (Å²) in [7, 11) is 0. The van der Waals surface area contributed by atoms with Gasteiger partial charge in [-0.25, -0.2) is 9.67 Å². The van der Waals surface area contributed by atoms with E-state index in [-0.39, 0.29) is 0 Å². The number of pyridine rings is 1.